The van der Waals surface area contributed by atoms with Gasteiger partial charge in [0.25, 0.3) is 0 Å². The third kappa shape index (κ3) is 4.64. The molecule has 0 heterocycles. The highest BCUT2D eigenvalue weighted by Gasteiger charge is 2.26. The molecule has 17 heavy (non-hydrogen) atoms. The molecule has 0 aliphatic rings. The fourth-order valence-corrected chi connectivity index (χ4v) is 3.95. The van der Waals surface area contributed by atoms with E-state index >= 15 is 0 Å². The van der Waals surface area contributed by atoms with Crippen molar-refractivity contribution < 1.29 is 4.79 Å². The third-order valence-corrected chi connectivity index (χ3v) is 4.55. The van der Waals surface area contributed by atoms with Gasteiger partial charge in [0, 0.05) is 13.1 Å². The Bertz CT molecular complexity index is 375. The maximum absolute atomic E-state index is 11.8. The van der Waals surface area contributed by atoms with Crippen LogP contribution in [0.5, 0.6) is 0 Å². The molecule has 0 aromatic heterocycles. The first-order chi connectivity index (χ1) is 7.81. The number of carbonyl (C=O) groups is 1. The van der Waals surface area contributed by atoms with E-state index in [-0.39, 0.29) is 11.9 Å². The van der Waals surface area contributed by atoms with Crippen LogP contribution in [0.25, 0.3) is 0 Å². The Hall–Kier alpha value is -0.613. The second kappa shape index (κ2) is 5.82. The van der Waals surface area contributed by atoms with Gasteiger partial charge in [0.15, 0.2) is 0 Å². The molecule has 1 aromatic carbocycles. The molecule has 0 unspecified atom stereocenters. The van der Waals surface area contributed by atoms with E-state index in [1.807, 2.05) is 23.1 Å². The summed E-state index contributed by atoms with van der Waals surface area (Å²) in [6.45, 7) is 6.69. The lowest BCUT2D eigenvalue weighted by Crippen LogP contribution is -2.42. The first-order valence-corrected chi connectivity index (χ1v) is 11.3. The highest BCUT2D eigenvalue weighted by atomic mass is 79.9. The van der Waals surface area contributed by atoms with Crippen molar-refractivity contribution >= 4 is 27.9 Å². The van der Waals surface area contributed by atoms with Gasteiger partial charge in [0.2, 0.25) is 5.91 Å². The molecular formula is C13H20BrNOSi. The van der Waals surface area contributed by atoms with E-state index in [1.54, 1.807) is 6.92 Å². The van der Waals surface area contributed by atoms with Gasteiger partial charge in [-0.2, -0.15) is 0 Å². The number of benzene rings is 1. The first kappa shape index (κ1) is 14.4. The van der Waals surface area contributed by atoms with Crippen molar-refractivity contribution in [2.45, 2.75) is 33.0 Å². The summed E-state index contributed by atoms with van der Waals surface area (Å²) >= 11 is 3.73. The Morgan fingerprint density at radius 1 is 1.35 bits per heavy atom. The minimum absolute atomic E-state index is 0.137. The largest absolute Gasteiger partial charge is 0.338 e. The van der Waals surface area contributed by atoms with Crippen molar-refractivity contribution in [1.29, 1.82) is 0 Å². The van der Waals surface area contributed by atoms with Crippen LogP contribution in [0.15, 0.2) is 30.3 Å². The summed E-state index contributed by atoms with van der Waals surface area (Å²) in [5, 5.41) is 0. The molecule has 1 rings (SSSR count). The Labute approximate surface area is 113 Å². The number of hydrogen-bond acceptors (Lipinski definition) is 1. The molecule has 0 N–H and O–H groups in total. The summed E-state index contributed by atoms with van der Waals surface area (Å²) in [5.74, 6) is 0.140. The lowest BCUT2D eigenvalue weighted by molar-refractivity contribution is -0.130. The van der Waals surface area contributed by atoms with Gasteiger partial charge >= 0.3 is 0 Å². The van der Waals surface area contributed by atoms with Crippen LogP contribution in [0.4, 0.5) is 0 Å². The minimum atomic E-state index is -1.46. The predicted octanol–water partition coefficient (Wildman–Crippen LogP) is 3.74. The number of carbonyl (C=O) groups excluding carboxylic acids is 1. The minimum Gasteiger partial charge on any atom is -0.338 e. The molecule has 0 fully saturated rings. The molecule has 0 aliphatic carbocycles. The van der Waals surface area contributed by atoms with Crippen LogP contribution in [-0.2, 0) is 4.79 Å². The van der Waals surface area contributed by atoms with Gasteiger partial charge in [-0.05, 0) is 12.5 Å². The number of halogens is 1. The molecule has 0 bridgehead atoms. The van der Waals surface area contributed by atoms with Gasteiger partial charge in [-0.1, -0.05) is 43.4 Å². The quantitative estimate of drug-likeness (QED) is 0.612. The van der Waals surface area contributed by atoms with Gasteiger partial charge < -0.3 is 4.90 Å². The third-order valence-electron chi connectivity index (χ3n) is 2.70. The topological polar surface area (TPSA) is 20.3 Å². The zero-order chi connectivity index (χ0) is 13.1. The van der Waals surface area contributed by atoms with E-state index in [0.29, 0.717) is 0 Å². The van der Waals surface area contributed by atoms with Gasteiger partial charge in [-0.25, -0.2) is 0 Å². The van der Waals surface area contributed by atoms with Gasteiger partial charge in [-0.15, -0.1) is 15.3 Å². The van der Waals surface area contributed by atoms with Crippen molar-refractivity contribution in [3.05, 3.63) is 35.9 Å². The van der Waals surface area contributed by atoms with Crippen molar-refractivity contribution in [2.75, 3.05) is 6.17 Å². The summed E-state index contributed by atoms with van der Waals surface area (Å²) in [5.41, 5.74) is 1.19. The zero-order valence-corrected chi connectivity index (χ0v) is 13.5. The molecule has 1 aromatic rings. The van der Waals surface area contributed by atoms with Crippen molar-refractivity contribution in [3.8, 4) is 0 Å². The second-order valence-corrected chi connectivity index (χ2v) is 15.1. The van der Waals surface area contributed by atoms with Crippen LogP contribution in [0.3, 0.4) is 0 Å². The van der Waals surface area contributed by atoms with E-state index in [2.05, 4.69) is 47.4 Å². The van der Waals surface area contributed by atoms with Crippen LogP contribution in [0.2, 0.25) is 13.1 Å². The average Bonchev–Trinajstić information content (AvgIpc) is 2.25. The summed E-state index contributed by atoms with van der Waals surface area (Å²) in [6.07, 6.45) is 0.832. The fraction of sp³-hybridized carbons (Fsp3) is 0.462. The molecule has 0 saturated heterocycles. The predicted molar refractivity (Wildman–Crippen MR) is 78.7 cm³/mol. The van der Waals surface area contributed by atoms with Gasteiger partial charge in [0.1, 0.15) is 6.69 Å². The molecular weight excluding hydrogens is 294 g/mol. The van der Waals surface area contributed by atoms with E-state index in [9.17, 15) is 4.79 Å². The number of amides is 1. The number of nitrogens with zero attached hydrogens (tertiary/aromatic N) is 1. The smallest absolute Gasteiger partial charge is 0.219 e. The summed E-state index contributed by atoms with van der Waals surface area (Å²) in [4.78, 5) is 13.7. The van der Waals surface area contributed by atoms with Crippen molar-refractivity contribution in [3.63, 3.8) is 0 Å². The van der Waals surface area contributed by atoms with Crippen LogP contribution in [0.1, 0.15) is 25.5 Å². The number of hydrogen-bond donors (Lipinski definition) is 0. The van der Waals surface area contributed by atoms with E-state index in [1.165, 1.54) is 5.56 Å². The Morgan fingerprint density at radius 3 is 2.29 bits per heavy atom. The Morgan fingerprint density at radius 2 is 1.88 bits per heavy atom. The molecule has 1 amide bonds. The molecule has 94 valence electrons. The maximum Gasteiger partial charge on any atom is 0.219 e. The lowest BCUT2D eigenvalue weighted by Gasteiger charge is -2.32. The average molecular weight is 314 g/mol. The Kier molecular flexibility index (Phi) is 4.95. The van der Waals surface area contributed by atoms with Crippen LogP contribution in [-0.4, -0.2) is 23.7 Å². The Balaban J connectivity index is 2.89. The lowest BCUT2D eigenvalue weighted by atomic mass is 10.1. The number of rotatable bonds is 4. The van der Waals surface area contributed by atoms with Gasteiger partial charge in [-0.3, -0.25) is 4.79 Å². The molecule has 1 atom stereocenters. The van der Waals surface area contributed by atoms with Crippen molar-refractivity contribution in [2.24, 2.45) is 0 Å². The van der Waals surface area contributed by atoms with Crippen LogP contribution < -0.4 is 0 Å². The molecule has 4 heteroatoms. The van der Waals surface area contributed by atoms with Crippen LogP contribution >= 0.6 is 15.3 Å². The fourth-order valence-electron chi connectivity index (χ4n) is 1.84. The van der Waals surface area contributed by atoms with Gasteiger partial charge in [0.05, 0.1) is 6.04 Å². The van der Waals surface area contributed by atoms with Crippen molar-refractivity contribution in [1.82, 2.24) is 4.90 Å². The maximum atomic E-state index is 11.8. The van der Waals surface area contributed by atoms with E-state index < -0.39 is 6.69 Å². The molecule has 0 radical (unpaired) electrons. The zero-order valence-electron chi connectivity index (χ0n) is 10.9. The highest BCUT2D eigenvalue weighted by molar-refractivity contribution is 9.26. The summed E-state index contributed by atoms with van der Waals surface area (Å²) < 4.78 is 0. The first-order valence-electron chi connectivity index (χ1n) is 5.82. The monoisotopic (exact) mass is 313 g/mol. The summed E-state index contributed by atoms with van der Waals surface area (Å²) in [6, 6.07) is 10.3. The normalized spacial score (nSPS) is 13.2. The second-order valence-electron chi connectivity index (χ2n) is 4.95. The van der Waals surface area contributed by atoms with Crippen LogP contribution in [0, 0.1) is 0 Å². The summed E-state index contributed by atoms with van der Waals surface area (Å²) in [7, 11) is 0. The van der Waals surface area contributed by atoms with E-state index in [0.717, 1.165) is 6.17 Å². The SMILES string of the molecule is CC(=O)N(C[Si](C)(C)Br)[C@@H](C)c1ccccc1. The molecule has 0 aliphatic heterocycles. The highest BCUT2D eigenvalue weighted by Crippen LogP contribution is 2.23. The standard InChI is InChI=1S/C13H20BrNOSi/c1-11(13-8-6-5-7-9-13)15(12(2)16)10-17(3,4)14/h5-9,11H,10H2,1-4H3/t11-/m0/s1. The molecule has 0 spiro atoms. The van der Waals surface area contributed by atoms with E-state index in [4.69, 9.17) is 0 Å². The molecule has 2 nitrogen and oxygen atoms in total. The molecule has 0 saturated carbocycles.